The van der Waals surface area contributed by atoms with E-state index >= 15 is 0 Å². The van der Waals surface area contributed by atoms with Crippen molar-refractivity contribution in [3.05, 3.63) is 40.7 Å². The molecule has 0 radical (unpaired) electrons. The minimum Gasteiger partial charge on any atom is -0.497 e. The van der Waals surface area contributed by atoms with E-state index in [9.17, 15) is 0 Å². The van der Waals surface area contributed by atoms with Gasteiger partial charge in [-0.1, -0.05) is 24.4 Å². The Bertz CT molecular complexity index is 619. The standard InChI is InChI=1S/C16H20ClN3O.ClH/c1-21-13-8-6-12(7-9-13)20-16(17)14(10-18)15(19-20)11-4-2-3-5-11;/h6-9,11H,2-5,10,18H2,1H3;1H. The van der Waals surface area contributed by atoms with Crippen LogP contribution in [0.1, 0.15) is 42.9 Å². The van der Waals surface area contributed by atoms with E-state index in [0.29, 0.717) is 17.6 Å². The number of ether oxygens (including phenoxy) is 1. The zero-order chi connectivity index (χ0) is 14.8. The van der Waals surface area contributed by atoms with E-state index in [4.69, 9.17) is 27.2 Å². The molecule has 4 nitrogen and oxygen atoms in total. The van der Waals surface area contributed by atoms with Crippen LogP contribution in [0.3, 0.4) is 0 Å². The number of nitrogens with two attached hydrogens (primary N) is 1. The van der Waals surface area contributed by atoms with Gasteiger partial charge in [-0.05, 0) is 37.1 Å². The number of methoxy groups -OCH3 is 1. The van der Waals surface area contributed by atoms with Crippen LogP contribution in [-0.2, 0) is 6.54 Å². The molecule has 0 unspecified atom stereocenters. The van der Waals surface area contributed by atoms with Crippen molar-refractivity contribution in [3.63, 3.8) is 0 Å². The molecule has 0 bridgehead atoms. The lowest BCUT2D eigenvalue weighted by Crippen LogP contribution is -2.03. The van der Waals surface area contributed by atoms with Crippen LogP contribution in [0.4, 0.5) is 0 Å². The number of hydrogen-bond acceptors (Lipinski definition) is 3. The summed E-state index contributed by atoms with van der Waals surface area (Å²) in [6.45, 7) is 0.431. The van der Waals surface area contributed by atoms with E-state index in [1.165, 1.54) is 25.7 Å². The van der Waals surface area contributed by atoms with Crippen molar-refractivity contribution in [1.29, 1.82) is 0 Å². The highest BCUT2D eigenvalue weighted by Gasteiger charge is 2.25. The van der Waals surface area contributed by atoms with Crippen LogP contribution in [0.15, 0.2) is 24.3 Å². The molecular formula is C16H21Cl2N3O. The van der Waals surface area contributed by atoms with E-state index in [2.05, 4.69) is 0 Å². The summed E-state index contributed by atoms with van der Waals surface area (Å²) in [5.41, 5.74) is 8.89. The third-order valence-electron chi connectivity index (χ3n) is 4.21. The molecule has 2 aromatic rings. The number of aromatic nitrogens is 2. The van der Waals surface area contributed by atoms with Crippen LogP contribution in [0.2, 0.25) is 5.15 Å². The Kier molecular flexibility index (Phi) is 5.73. The molecule has 1 aliphatic rings. The van der Waals surface area contributed by atoms with Crippen LogP contribution in [0.5, 0.6) is 5.75 Å². The van der Waals surface area contributed by atoms with Crippen LogP contribution < -0.4 is 10.5 Å². The smallest absolute Gasteiger partial charge is 0.137 e. The van der Waals surface area contributed by atoms with Gasteiger partial charge in [-0.25, -0.2) is 4.68 Å². The highest BCUT2D eigenvalue weighted by atomic mass is 35.5. The summed E-state index contributed by atoms with van der Waals surface area (Å²) in [6.07, 6.45) is 4.90. The third-order valence-corrected chi connectivity index (χ3v) is 4.60. The number of halogens is 2. The average molecular weight is 342 g/mol. The minimum atomic E-state index is 0. The maximum Gasteiger partial charge on any atom is 0.137 e. The molecule has 1 aromatic heterocycles. The van der Waals surface area contributed by atoms with Gasteiger partial charge in [-0.15, -0.1) is 12.4 Å². The molecule has 3 rings (SSSR count). The number of rotatable bonds is 4. The predicted octanol–water partition coefficient (Wildman–Crippen LogP) is 4.07. The largest absolute Gasteiger partial charge is 0.497 e. The van der Waals surface area contributed by atoms with Gasteiger partial charge < -0.3 is 10.5 Å². The molecule has 120 valence electrons. The molecule has 0 saturated heterocycles. The Balaban J connectivity index is 0.00000176. The lowest BCUT2D eigenvalue weighted by atomic mass is 10.0. The van der Waals surface area contributed by atoms with Crippen molar-refractivity contribution in [2.24, 2.45) is 5.73 Å². The van der Waals surface area contributed by atoms with Crippen LogP contribution >= 0.6 is 24.0 Å². The van der Waals surface area contributed by atoms with E-state index in [-0.39, 0.29) is 12.4 Å². The lowest BCUT2D eigenvalue weighted by Gasteiger charge is -2.07. The fraction of sp³-hybridized carbons (Fsp3) is 0.438. The lowest BCUT2D eigenvalue weighted by molar-refractivity contribution is 0.414. The molecule has 0 aliphatic heterocycles. The second-order valence-electron chi connectivity index (χ2n) is 5.45. The van der Waals surface area contributed by atoms with Gasteiger partial charge in [0.25, 0.3) is 0 Å². The Morgan fingerprint density at radius 1 is 1.27 bits per heavy atom. The van der Waals surface area contributed by atoms with E-state index in [1.54, 1.807) is 11.8 Å². The summed E-state index contributed by atoms with van der Waals surface area (Å²) in [7, 11) is 1.65. The van der Waals surface area contributed by atoms with Gasteiger partial charge in [0.2, 0.25) is 0 Å². The van der Waals surface area contributed by atoms with Crippen molar-refractivity contribution in [2.75, 3.05) is 7.11 Å². The fourth-order valence-electron chi connectivity index (χ4n) is 3.06. The first kappa shape index (κ1) is 17.1. The van der Waals surface area contributed by atoms with Gasteiger partial charge in [0.1, 0.15) is 10.9 Å². The van der Waals surface area contributed by atoms with Gasteiger partial charge >= 0.3 is 0 Å². The first-order valence-electron chi connectivity index (χ1n) is 7.36. The molecular weight excluding hydrogens is 321 g/mol. The summed E-state index contributed by atoms with van der Waals surface area (Å²) >= 11 is 6.51. The molecule has 6 heteroatoms. The van der Waals surface area contributed by atoms with Crippen molar-refractivity contribution in [3.8, 4) is 11.4 Å². The van der Waals surface area contributed by atoms with Crippen molar-refractivity contribution < 1.29 is 4.74 Å². The number of hydrogen-bond donors (Lipinski definition) is 1. The molecule has 2 N–H and O–H groups in total. The van der Waals surface area contributed by atoms with Crippen molar-refractivity contribution in [1.82, 2.24) is 9.78 Å². The highest BCUT2D eigenvalue weighted by Crippen LogP contribution is 2.37. The summed E-state index contributed by atoms with van der Waals surface area (Å²) in [5, 5.41) is 5.38. The summed E-state index contributed by atoms with van der Waals surface area (Å²) in [5.74, 6) is 1.32. The molecule has 1 saturated carbocycles. The van der Waals surface area contributed by atoms with Crippen molar-refractivity contribution >= 4 is 24.0 Å². The average Bonchev–Trinajstić information content (AvgIpc) is 3.15. The number of nitrogens with zero attached hydrogens (tertiary/aromatic N) is 2. The maximum atomic E-state index is 6.51. The Morgan fingerprint density at radius 2 is 1.91 bits per heavy atom. The van der Waals surface area contributed by atoms with Crippen molar-refractivity contribution in [2.45, 2.75) is 38.1 Å². The molecule has 0 atom stereocenters. The van der Waals surface area contributed by atoms with Gasteiger partial charge in [-0.3, -0.25) is 0 Å². The Hall–Kier alpha value is -1.23. The fourth-order valence-corrected chi connectivity index (χ4v) is 3.37. The molecule has 1 heterocycles. The highest BCUT2D eigenvalue weighted by molar-refractivity contribution is 6.30. The van der Waals surface area contributed by atoms with Crippen LogP contribution in [0, 0.1) is 0 Å². The summed E-state index contributed by atoms with van der Waals surface area (Å²) in [6, 6.07) is 7.72. The van der Waals surface area contributed by atoms with Gasteiger partial charge in [0.15, 0.2) is 0 Å². The zero-order valence-electron chi connectivity index (χ0n) is 12.6. The second kappa shape index (κ2) is 7.36. The molecule has 1 fully saturated rings. The molecule has 22 heavy (non-hydrogen) atoms. The molecule has 1 aromatic carbocycles. The molecule has 1 aliphatic carbocycles. The normalized spacial score (nSPS) is 14.9. The maximum absolute atomic E-state index is 6.51. The van der Waals surface area contributed by atoms with Crippen LogP contribution in [0.25, 0.3) is 5.69 Å². The minimum absolute atomic E-state index is 0. The third kappa shape index (κ3) is 3.09. The van der Waals surface area contributed by atoms with Gasteiger partial charge in [-0.2, -0.15) is 5.10 Å². The van der Waals surface area contributed by atoms with E-state index < -0.39 is 0 Å². The summed E-state index contributed by atoms with van der Waals surface area (Å²) in [4.78, 5) is 0. The predicted molar refractivity (Wildman–Crippen MR) is 91.5 cm³/mol. The number of benzene rings is 1. The first-order chi connectivity index (χ1) is 10.2. The monoisotopic (exact) mass is 341 g/mol. The van der Waals surface area contributed by atoms with Gasteiger partial charge in [0, 0.05) is 18.0 Å². The zero-order valence-corrected chi connectivity index (χ0v) is 14.2. The van der Waals surface area contributed by atoms with Gasteiger partial charge in [0.05, 0.1) is 18.5 Å². The SMILES string of the molecule is COc1ccc(-n2nc(C3CCCC3)c(CN)c2Cl)cc1.Cl. The molecule has 0 amide bonds. The first-order valence-corrected chi connectivity index (χ1v) is 7.74. The quantitative estimate of drug-likeness (QED) is 0.911. The van der Waals surface area contributed by atoms with E-state index in [0.717, 1.165) is 22.7 Å². The Morgan fingerprint density at radius 3 is 2.45 bits per heavy atom. The van der Waals surface area contributed by atoms with Crippen LogP contribution in [-0.4, -0.2) is 16.9 Å². The molecule has 0 spiro atoms. The topological polar surface area (TPSA) is 53.1 Å². The van der Waals surface area contributed by atoms with E-state index in [1.807, 2.05) is 24.3 Å². The second-order valence-corrected chi connectivity index (χ2v) is 5.81. The Labute approximate surface area is 142 Å². The summed E-state index contributed by atoms with van der Waals surface area (Å²) < 4.78 is 6.97.